The Morgan fingerprint density at radius 2 is 1.20 bits per heavy atom. The molecule has 3 aromatic carbocycles. The number of rotatable bonds is 6. The molecule has 3 atom stereocenters. The van der Waals surface area contributed by atoms with Gasteiger partial charge in [-0.3, -0.25) is 4.55 Å². The maximum absolute atomic E-state index is 13.6. The SMILES string of the molecule is CC(C)(C)c1ccc(P(c2ccccc2)c2ccccc2)cc1.O=S(=O)(O)C(F)(F)C(F)(F)C1CC2CCC1C2. The van der Waals surface area contributed by atoms with Crippen LogP contribution in [0.4, 0.5) is 17.6 Å². The first-order valence-electron chi connectivity index (χ1n) is 13.4. The lowest BCUT2D eigenvalue weighted by molar-refractivity contribution is -0.202. The van der Waals surface area contributed by atoms with E-state index >= 15 is 0 Å². The monoisotopic (exact) mass is 594 g/mol. The Hall–Kier alpha value is -2.28. The first-order valence-corrected chi connectivity index (χ1v) is 16.1. The number of alkyl halides is 4. The van der Waals surface area contributed by atoms with Gasteiger partial charge in [-0.1, -0.05) is 112 Å². The van der Waals surface area contributed by atoms with Crippen molar-refractivity contribution in [3.63, 3.8) is 0 Å². The standard InChI is InChI=1S/C22H23P.C9H12F4O3S/c1-22(2,3)18-14-16-21(17-15-18)23(19-10-6-4-7-11-19)20-12-8-5-9-13-20;10-8(11,9(12,13)17(14,15)16)7-4-5-1-2-6(7)3-5/h4-17H,1-3H3;5-7H,1-4H2,(H,14,15,16). The van der Waals surface area contributed by atoms with E-state index in [4.69, 9.17) is 4.55 Å². The van der Waals surface area contributed by atoms with Crippen molar-refractivity contribution >= 4 is 34.0 Å². The van der Waals surface area contributed by atoms with Crippen LogP contribution in [0.2, 0.25) is 0 Å². The van der Waals surface area contributed by atoms with Crippen molar-refractivity contribution in [1.29, 1.82) is 0 Å². The van der Waals surface area contributed by atoms with Gasteiger partial charge in [0.15, 0.2) is 0 Å². The van der Waals surface area contributed by atoms with Gasteiger partial charge in [0.05, 0.1) is 0 Å². The van der Waals surface area contributed by atoms with Crippen LogP contribution in [0.15, 0.2) is 84.9 Å². The van der Waals surface area contributed by atoms with Crippen molar-refractivity contribution < 1.29 is 30.5 Å². The maximum atomic E-state index is 13.6. The Morgan fingerprint density at radius 3 is 1.57 bits per heavy atom. The molecule has 0 heterocycles. The van der Waals surface area contributed by atoms with Gasteiger partial charge in [-0.25, -0.2) is 0 Å². The largest absolute Gasteiger partial charge is 0.431 e. The molecule has 2 bridgehead atoms. The van der Waals surface area contributed by atoms with Crippen molar-refractivity contribution in [2.24, 2.45) is 17.8 Å². The van der Waals surface area contributed by atoms with Gasteiger partial charge in [-0.15, -0.1) is 0 Å². The van der Waals surface area contributed by atoms with E-state index in [9.17, 15) is 26.0 Å². The second kappa shape index (κ2) is 11.5. The molecule has 3 unspecified atom stereocenters. The number of hydrogen-bond donors (Lipinski definition) is 1. The zero-order valence-corrected chi connectivity index (χ0v) is 24.5. The molecule has 5 rings (SSSR count). The third kappa shape index (κ3) is 6.29. The van der Waals surface area contributed by atoms with E-state index < -0.39 is 41.1 Å². The van der Waals surface area contributed by atoms with E-state index in [2.05, 4.69) is 106 Å². The minimum Gasteiger partial charge on any atom is -0.281 e. The lowest BCUT2D eigenvalue weighted by Crippen LogP contribution is -2.52. The third-order valence-corrected chi connectivity index (χ3v) is 11.3. The average Bonchev–Trinajstić information content (AvgIpc) is 3.54. The fourth-order valence-corrected chi connectivity index (χ4v) is 8.57. The molecule has 0 spiro atoms. The number of fused-ring (bicyclic) bond motifs is 2. The van der Waals surface area contributed by atoms with Crippen molar-refractivity contribution in [3.8, 4) is 0 Å². The van der Waals surface area contributed by atoms with Crippen molar-refractivity contribution in [3.05, 3.63) is 90.5 Å². The fraction of sp³-hybridized carbons (Fsp3) is 0.419. The Bertz CT molecular complexity index is 1340. The van der Waals surface area contributed by atoms with E-state index in [0.29, 0.717) is 12.8 Å². The van der Waals surface area contributed by atoms with Crippen LogP contribution >= 0.6 is 7.92 Å². The van der Waals surface area contributed by atoms with Crippen LogP contribution in [0.5, 0.6) is 0 Å². The van der Waals surface area contributed by atoms with Gasteiger partial charge < -0.3 is 0 Å². The van der Waals surface area contributed by atoms with Gasteiger partial charge in [0.2, 0.25) is 0 Å². The molecule has 0 aliphatic heterocycles. The molecule has 2 aliphatic rings. The second-order valence-corrected chi connectivity index (χ2v) is 15.4. The molecule has 1 N–H and O–H groups in total. The molecule has 2 saturated carbocycles. The summed E-state index contributed by atoms with van der Waals surface area (Å²) in [5.41, 5.74) is 1.58. The Morgan fingerprint density at radius 1 is 0.725 bits per heavy atom. The molecule has 0 amide bonds. The Labute approximate surface area is 235 Å². The average molecular weight is 595 g/mol. The summed E-state index contributed by atoms with van der Waals surface area (Å²) in [5.74, 6) is -6.95. The van der Waals surface area contributed by atoms with E-state index in [1.54, 1.807) is 0 Å². The van der Waals surface area contributed by atoms with Crippen LogP contribution in [0.3, 0.4) is 0 Å². The van der Waals surface area contributed by atoms with Crippen LogP contribution in [0, 0.1) is 17.8 Å². The molecule has 3 nitrogen and oxygen atoms in total. The number of benzene rings is 3. The second-order valence-electron chi connectivity index (χ2n) is 11.7. The highest BCUT2D eigenvalue weighted by Gasteiger charge is 2.71. The van der Waals surface area contributed by atoms with Crippen LogP contribution in [-0.2, 0) is 15.5 Å². The van der Waals surface area contributed by atoms with Crippen LogP contribution in [-0.4, -0.2) is 24.1 Å². The third-order valence-electron chi connectivity index (χ3n) is 7.94. The fourth-order valence-electron chi connectivity index (χ4n) is 5.79. The summed E-state index contributed by atoms with van der Waals surface area (Å²) >= 11 is 0. The number of halogens is 4. The Balaban J connectivity index is 0.000000194. The van der Waals surface area contributed by atoms with E-state index in [1.165, 1.54) is 21.5 Å². The number of hydrogen-bond acceptors (Lipinski definition) is 2. The molecular weight excluding hydrogens is 559 g/mol. The van der Waals surface area contributed by atoms with Gasteiger partial charge >= 0.3 is 21.3 Å². The van der Waals surface area contributed by atoms with Crippen molar-refractivity contribution in [2.75, 3.05) is 0 Å². The lowest BCUT2D eigenvalue weighted by Gasteiger charge is -2.33. The molecule has 0 saturated heterocycles. The van der Waals surface area contributed by atoms with Crippen LogP contribution < -0.4 is 15.9 Å². The van der Waals surface area contributed by atoms with Gasteiger partial charge in [0.1, 0.15) is 0 Å². The zero-order chi connectivity index (χ0) is 29.3. The molecule has 9 heteroatoms. The van der Waals surface area contributed by atoms with Crippen molar-refractivity contribution in [1.82, 2.24) is 0 Å². The molecule has 0 radical (unpaired) electrons. The molecule has 216 valence electrons. The first kappa shape index (κ1) is 30.7. The topological polar surface area (TPSA) is 54.4 Å². The van der Waals surface area contributed by atoms with Gasteiger partial charge in [0, 0.05) is 5.92 Å². The van der Waals surface area contributed by atoms with Gasteiger partial charge in [0.25, 0.3) is 0 Å². The predicted molar refractivity (Wildman–Crippen MR) is 154 cm³/mol. The van der Waals surface area contributed by atoms with Gasteiger partial charge in [-0.2, -0.15) is 26.0 Å². The molecule has 3 aromatic rings. The summed E-state index contributed by atoms with van der Waals surface area (Å²) in [5, 5.41) is -1.20. The quantitative estimate of drug-likeness (QED) is 0.185. The van der Waals surface area contributed by atoms with E-state index in [-0.39, 0.29) is 17.8 Å². The zero-order valence-electron chi connectivity index (χ0n) is 22.8. The smallest absolute Gasteiger partial charge is 0.281 e. The van der Waals surface area contributed by atoms with Crippen molar-refractivity contribution in [2.45, 2.75) is 63.0 Å². The summed E-state index contributed by atoms with van der Waals surface area (Å²) in [6, 6.07) is 30.9. The summed E-state index contributed by atoms with van der Waals surface area (Å²) in [6.45, 7) is 6.79. The van der Waals surface area contributed by atoms with Crippen LogP contribution in [0.1, 0.15) is 52.0 Å². The predicted octanol–water partition coefficient (Wildman–Crippen LogP) is 7.28. The normalized spacial score (nSPS) is 21.3. The van der Waals surface area contributed by atoms with Crippen LogP contribution in [0.25, 0.3) is 0 Å². The molecule has 2 fully saturated rings. The summed E-state index contributed by atoms with van der Waals surface area (Å²) < 4.78 is 82.4. The summed E-state index contributed by atoms with van der Waals surface area (Å²) in [4.78, 5) is 0. The molecule has 0 aromatic heterocycles. The minimum absolute atomic E-state index is 0.0203. The summed E-state index contributed by atoms with van der Waals surface area (Å²) in [7, 11) is -6.59. The van der Waals surface area contributed by atoms with E-state index in [0.717, 1.165) is 6.42 Å². The Kier molecular flexibility index (Phi) is 8.85. The van der Waals surface area contributed by atoms with Gasteiger partial charge in [-0.05, 0) is 65.9 Å². The highest BCUT2D eigenvalue weighted by atomic mass is 32.2. The summed E-state index contributed by atoms with van der Waals surface area (Å²) in [6.07, 6.45) is 1.51. The molecular formula is C31H35F4O3PS. The molecule has 40 heavy (non-hydrogen) atoms. The highest BCUT2D eigenvalue weighted by Crippen LogP contribution is 2.58. The molecule has 2 aliphatic carbocycles. The first-order chi connectivity index (χ1) is 18.6. The maximum Gasteiger partial charge on any atom is 0.431 e. The highest BCUT2D eigenvalue weighted by molar-refractivity contribution is 7.87. The van der Waals surface area contributed by atoms with E-state index in [1.807, 2.05) is 0 Å². The minimum atomic E-state index is -6.10. The lowest BCUT2D eigenvalue weighted by atomic mass is 9.84.